The Labute approximate surface area is 151 Å². The maximum atomic E-state index is 12.4. The van der Waals surface area contributed by atoms with Crippen molar-refractivity contribution in [2.75, 3.05) is 11.5 Å². The summed E-state index contributed by atoms with van der Waals surface area (Å²) in [4.78, 5) is 0.338. The topological polar surface area (TPSA) is 77.7 Å². The van der Waals surface area contributed by atoms with E-state index in [1.807, 2.05) is 32.0 Å². The highest BCUT2D eigenvalue weighted by Crippen LogP contribution is 2.24. The molecule has 0 saturated heterocycles. The van der Waals surface area contributed by atoms with Gasteiger partial charge in [0.2, 0.25) is 5.16 Å². The summed E-state index contributed by atoms with van der Waals surface area (Å²) >= 11 is 1.34. The Morgan fingerprint density at radius 3 is 2.36 bits per heavy atom. The van der Waals surface area contributed by atoms with Crippen molar-refractivity contribution in [3.8, 4) is 5.69 Å². The second-order valence-electron chi connectivity index (χ2n) is 5.59. The van der Waals surface area contributed by atoms with Crippen molar-refractivity contribution in [1.29, 1.82) is 0 Å². The number of tetrazole rings is 1. The van der Waals surface area contributed by atoms with Crippen molar-refractivity contribution in [2.45, 2.75) is 23.9 Å². The van der Waals surface area contributed by atoms with Gasteiger partial charge in [-0.3, -0.25) is 0 Å². The molecule has 0 unspecified atom stereocenters. The molecule has 25 heavy (non-hydrogen) atoms. The van der Waals surface area contributed by atoms with Gasteiger partial charge in [-0.25, -0.2) is 8.42 Å². The van der Waals surface area contributed by atoms with Crippen molar-refractivity contribution >= 4 is 21.6 Å². The number of hydrogen-bond acceptors (Lipinski definition) is 6. The minimum Gasteiger partial charge on any atom is -0.224 e. The first-order chi connectivity index (χ1) is 12.0. The van der Waals surface area contributed by atoms with Gasteiger partial charge >= 0.3 is 0 Å². The summed E-state index contributed by atoms with van der Waals surface area (Å²) in [6, 6.07) is 14.4. The number of nitrogens with zero attached hydrogens (tertiary/aromatic N) is 4. The van der Waals surface area contributed by atoms with E-state index in [9.17, 15) is 8.42 Å². The van der Waals surface area contributed by atoms with Crippen LogP contribution in [-0.4, -0.2) is 40.1 Å². The quantitative estimate of drug-likeness (QED) is 0.618. The first kappa shape index (κ1) is 17.6. The molecule has 0 saturated carbocycles. The predicted molar refractivity (Wildman–Crippen MR) is 97.8 cm³/mol. The van der Waals surface area contributed by atoms with Gasteiger partial charge in [-0.05, 0) is 47.5 Å². The van der Waals surface area contributed by atoms with Crippen LogP contribution in [0, 0.1) is 13.8 Å². The normalized spacial score (nSPS) is 11.6. The summed E-state index contributed by atoms with van der Waals surface area (Å²) < 4.78 is 26.4. The number of sulfone groups is 1. The Bertz CT molecular complexity index is 949. The van der Waals surface area contributed by atoms with E-state index >= 15 is 0 Å². The summed E-state index contributed by atoms with van der Waals surface area (Å²) in [6.45, 7) is 4.00. The van der Waals surface area contributed by atoms with E-state index < -0.39 is 9.84 Å². The van der Waals surface area contributed by atoms with Crippen molar-refractivity contribution in [2.24, 2.45) is 0 Å². The third-order valence-electron chi connectivity index (χ3n) is 3.78. The average molecular weight is 374 g/mol. The molecule has 1 heterocycles. The molecule has 0 atom stereocenters. The molecule has 0 spiro atoms. The van der Waals surface area contributed by atoms with Gasteiger partial charge in [-0.15, -0.1) is 5.10 Å². The molecule has 0 fully saturated rings. The standard InChI is InChI=1S/C17H18N4O2S2/c1-13-7-6-8-14(2)16(13)21-17(18-19-20-21)24-11-12-25(22,23)15-9-4-3-5-10-15/h3-10H,11-12H2,1-2H3. The number of para-hydroxylation sites is 1. The molecule has 130 valence electrons. The van der Waals surface area contributed by atoms with Gasteiger partial charge in [-0.2, -0.15) is 4.68 Å². The summed E-state index contributed by atoms with van der Waals surface area (Å²) in [6.07, 6.45) is 0. The molecule has 3 aromatic rings. The van der Waals surface area contributed by atoms with Crippen molar-refractivity contribution < 1.29 is 8.42 Å². The van der Waals surface area contributed by atoms with Crippen LogP contribution in [0.1, 0.15) is 11.1 Å². The highest BCUT2D eigenvalue weighted by atomic mass is 32.2. The second-order valence-corrected chi connectivity index (χ2v) is 8.77. The van der Waals surface area contributed by atoms with Crippen LogP contribution in [0.5, 0.6) is 0 Å². The number of thioether (sulfide) groups is 1. The van der Waals surface area contributed by atoms with Crippen molar-refractivity contribution in [3.63, 3.8) is 0 Å². The Morgan fingerprint density at radius 1 is 1.00 bits per heavy atom. The molecule has 0 N–H and O–H groups in total. The monoisotopic (exact) mass is 374 g/mol. The van der Waals surface area contributed by atoms with Crippen LogP contribution in [0.2, 0.25) is 0 Å². The van der Waals surface area contributed by atoms with E-state index in [0.29, 0.717) is 15.8 Å². The van der Waals surface area contributed by atoms with E-state index in [4.69, 9.17) is 0 Å². The molecule has 3 rings (SSSR count). The molecule has 8 heteroatoms. The number of aryl methyl sites for hydroxylation is 2. The van der Waals surface area contributed by atoms with Gasteiger partial charge in [0.15, 0.2) is 9.84 Å². The number of rotatable bonds is 6. The molecule has 0 amide bonds. The van der Waals surface area contributed by atoms with Crippen LogP contribution in [0.25, 0.3) is 5.69 Å². The molecule has 6 nitrogen and oxygen atoms in total. The maximum Gasteiger partial charge on any atom is 0.214 e. The first-order valence-corrected chi connectivity index (χ1v) is 10.4. The molecule has 0 radical (unpaired) electrons. The van der Waals surface area contributed by atoms with Crippen molar-refractivity contribution in [1.82, 2.24) is 20.2 Å². The SMILES string of the molecule is Cc1cccc(C)c1-n1nnnc1SCCS(=O)(=O)c1ccccc1. The molecular formula is C17H18N4O2S2. The van der Waals surface area contributed by atoms with E-state index in [0.717, 1.165) is 16.8 Å². The summed E-state index contributed by atoms with van der Waals surface area (Å²) in [5, 5.41) is 12.4. The van der Waals surface area contributed by atoms with Crippen LogP contribution in [-0.2, 0) is 9.84 Å². The molecule has 0 aliphatic carbocycles. The van der Waals surface area contributed by atoms with Gasteiger partial charge in [0.1, 0.15) is 0 Å². The van der Waals surface area contributed by atoms with Crippen LogP contribution in [0.15, 0.2) is 58.6 Å². The minimum absolute atomic E-state index is 0.0291. The Balaban J connectivity index is 1.75. The molecule has 0 aliphatic rings. The lowest BCUT2D eigenvalue weighted by molar-refractivity contribution is 0.597. The zero-order valence-corrected chi connectivity index (χ0v) is 15.6. The lowest BCUT2D eigenvalue weighted by Gasteiger charge is -2.10. The van der Waals surface area contributed by atoms with E-state index in [2.05, 4.69) is 15.5 Å². The first-order valence-electron chi connectivity index (χ1n) is 7.74. The summed E-state index contributed by atoms with van der Waals surface area (Å²) in [5.41, 5.74) is 3.05. The average Bonchev–Trinajstić information content (AvgIpc) is 3.04. The Morgan fingerprint density at radius 2 is 1.68 bits per heavy atom. The van der Waals surface area contributed by atoms with Crippen molar-refractivity contribution in [3.05, 3.63) is 59.7 Å². The van der Waals surface area contributed by atoms with Gasteiger partial charge in [0.25, 0.3) is 0 Å². The predicted octanol–water partition coefficient (Wildman–Crippen LogP) is 2.85. The third kappa shape index (κ3) is 3.91. The van der Waals surface area contributed by atoms with Gasteiger partial charge < -0.3 is 0 Å². The molecular weight excluding hydrogens is 356 g/mol. The fraction of sp³-hybridized carbons (Fsp3) is 0.235. The van der Waals surface area contributed by atoms with Crippen LogP contribution >= 0.6 is 11.8 Å². The molecule has 0 aliphatic heterocycles. The zero-order valence-electron chi connectivity index (χ0n) is 14.0. The molecule has 2 aromatic carbocycles. The number of hydrogen-bond donors (Lipinski definition) is 0. The Kier molecular flexibility index (Phi) is 5.19. The van der Waals surface area contributed by atoms with Crippen LogP contribution < -0.4 is 0 Å². The maximum absolute atomic E-state index is 12.4. The van der Waals surface area contributed by atoms with E-state index in [1.165, 1.54) is 11.8 Å². The third-order valence-corrected chi connectivity index (χ3v) is 6.69. The van der Waals surface area contributed by atoms with E-state index in [-0.39, 0.29) is 5.75 Å². The highest BCUT2D eigenvalue weighted by Gasteiger charge is 2.17. The second kappa shape index (κ2) is 7.37. The lowest BCUT2D eigenvalue weighted by Crippen LogP contribution is -2.10. The van der Waals surface area contributed by atoms with Crippen LogP contribution in [0.3, 0.4) is 0 Å². The summed E-state index contributed by atoms with van der Waals surface area (Å²) in [7, 11) is -3.31. The van der Waals surface area contributed by atoms with Crippen LogP contribution in [0.4, 0.5) is 0 Å². The summed E-state index contributed by atoms with van der Waals surface area (Å²) in [5.74, 6) is 0.407. The Hall–Kier alpha value is -2.19. The van der Waals surface area contributed by atoms with Gasteiger partial charge in [0, 0.05) is 5.75 Å². The molecule has 1 aromatic heterocycles. The number of benzene rings is 2. The smallest absolute Gasteiger partial charge is 0.214 e. The lowest BCUT2D eigenvalue weighted by atomic mass is 10.1. The molecule has 0 bridgehead atoms. The van der Waals surface area contributed by atoms with Gasteiger partial charge in [0.05, 0.1) is 16.3 Å². The minimum atomic E-state index is -3.31. The fourth-order valence-electron chi connectivity index (χ4n) is 2.54. The van der Waals surface area contributed by atoms with E-state index in [1.54, 1.807) is 35.0 Å². The number of aromatic nitrogens is 4. The largest absolute Gasteiger partial charge is 0.224 e. The zero-order chi connectivity index (χ0) is 17.9. The van der Waals surface area contributed by atoms with Gasteiger partial charge in [-0.1, -0.05) is 48.2 Å². The fourth-order valence-corrected chi connectivity index (χ4v) is 5.08. The highest BCUT2D eigenvalue weighted by molar-refractivity contribution is 8.00.